The first-order chi connectivity index (χ1) is 13.6. The molecule has 0 aliphatic carbocycles. The quantitative estimate of drug-likeness (QED) is 0.546. The van der Waals surface area contributed by atoms with E-state index in [0.717, 1.165) is 27.4 Å². The number of benzene rings is 2. The molecule has 4 aromatic rings. The number of rotatable bonds is 5. The van der Waals surface area contributed by atoms with Gasteiger partial charge in [-0.25, -0.2) is 4.98 Å². The predicted molar refractivity (Wildman–Crippen MR) is 108 cm³/mol. The van der Waals surface area contributed by atoms with Crippen molar-refractivity contribution >= 4 is 17.2 Å². The number of carbonyl (C=O) groups is 1. The summed E-state index contributed by atoms with van der Waals surface area (Å²) in [7, 11) is 0. The number of carbonyl (C=O) groups excluding carboxylic acids is 1. The average Bonchev–Trinajstić information content (AvgIpc) is 3.36. The molecule has 4 rings (SSSR count). The molecule has 0 spiro atoms. The number of aryl methyl sites for hydroxylation is 2. The molecule has 0 fully saturated rings. The van der Waals surface area contributed by atoms with Gasteiger partial charge in [-0.2, -0.15) is 4.98 Å². The molecule has 0 saturated heterocycles. The fraction of sp³-hybridized carbons (Fsp3) is 0.143. The fourth-order valence-corrected chi connectivity index (χ4v) is 3.31. The Bertz CT molecular complexity index is 1100. The molecule has 28 heavy (non-hydrogen) atoms. The third-order valence-corrected chi connectivity index (χ3v) is 5.01. The highest BCUT2D eigenvalue weighted by Gasteiger charge is 2.11. The van der Waals surface area contributed by atoms with Crippen molar-refractivity contribution in [2.45, 2.75) is 20.4 Å². The van der Waals surface area contributed by atoms with Crippen molar-refractivity contribution in [2.24, 2.45) is 0 Å². The van der Waals surface area contributed by atoms with E-state index in [0.29, 0.717) is 17.3 Å². The maximum Gasteiger partial charge on any atom is 0.251 e. The normalized spacial score (nSPS) is 10.8. The Morgan fingerprint density at radius 3 is 2.39 bits per heavy atom. The molecule has 1 N–H and O–H groups in total. The first-order valence-electron chi connectivity index (χ1n) is 8.79. The number of aromatic nitrogens is 3. The maximum absolute atomic E-state index is 12.2. The molecular formula is C21H18N4O2S. The molecule has 0 radical (unpaired) electrons. The topological polar surface area (TPSA) is 80.9 Å². The van der Waals surface area contributed by atoms with Crippen molar-refractivity contribution in [3.63, 3.8) is 0 Å². The highest BCUT2D eigenvalue weighted by molar-refractivity contribution is 7.09. The van der Waals surface area contributed by atoms with E-state index < -0.39 is 0 Å². The average molecular weight is 390 g/mol. The van der Waals surface area contributed by atoms with Gasteiger partial charge in [0.05, 0.1) is 17.2 Å². The van der Waals surface area contributed by atoms with Crippen molar-refractivity contribution < 1.29 is 9.32 Å². The van der Waals surface area contributed by atoms with Crippen LogP contribution in [0, 0.1) is 13.8 Å². The van der Waals surface area contributed by atoms with Crippen LogP contribution in [-0.4, -0.2) is 21.0 Å². The lowest BCUT2D eigenvalue weighted by molar-refractivity contribution is 0.0946. The van der Waals surface area contributed by atoms with Gasteiger partial charge in [0, 0.05) is 22.1 Å². The molecule has 7 heteroatoms. The van der Waals surface area contributed by atoms with Crippen molar-refractivity contribution in [3.05, 3.63) is 75.9 Å². The van der Waals surface area contributed by atoms with Gasteiger partial charge in [-0.1, -0.05) is 47.1 Å². The van der Waals surface area contributed by atoms with Crippen LogP contribution in [0.25, 0.3) is 22.6 Å². The minimum absolute atomic E-state index is 0.176. The van der Waals surface area contributed by atoms with Crippen LogP contribution in [0.1, 0.15) is 26.8 Å². The van der Waals surface area contributed by atoms with Crippen molar-refractivity contribution in [1.29, 1.82) is 0 Å². The number of amides is 1. The second kappa shape index (κ2) is 7.74. The zero-order chi connectivity index (χ0) is 19.5. The molecule has 0 saturated carbocycles. The Balaban J connectivity index is 1.41. The summed E-state index contributed by atoms with van der Waals surface area (Å²) in [4.78, 5) is 21.0. The van der Waals surface area contributed by atoms with Gasteiger partial charge in [-0.3, -0.25) is 4.79 Å². The Morgan fingerprint density at radius 2 is 1.71 bits per heavy atom. The molecule has 2 aromatic carbocycles. The highest BCUT2D eigenvalue weighted by atomic mass is 32.1. The van der Waals surface area contributed by atoms with Crippen LogP contribution in [0.4, 0.5) is 0 Å². The van der Waals surface area contributed by atoms with Crippen LogP contribution >= 0.6 is 11.3 Å². The molecule has 2 heterocycles. The minimum Gasteiger partial charge on any atom is -0.343 e. The lowest BCUT2D eigenvalue weighted by Crippen LogP contribution is -2.22. The number of hydrogen-bond acceptors (Lipinski definition) is 6. The summed E-state index contributed by atoms with van der Waals surface area (Å²) < 4.78 is 5.26. The first kappa shape index (κ1) is 18.1. The van der Waals surface area contributed by atoms with Gasteiger partial charge < -0.3 is 9.84 Å². The van der Waals surface area contributed by atoms with E-state index in [4.69, 9.17) is 4.52 Å². The fourth-order valence-electron chi connectivity index (χ4n) is 2.69. The number of thiazole rings is 1. The van der Waals surface area contributed by atoms with Crippen LogP contribution in [0.5, 0.6) is 0 Å². The van der Waals surface area contributed by atoms with E-state index >= 15 is 0 Å². The van der Waals surface area contributed by atoms with E-state index in [1.54, 1.807) is 23.5 Å². The van der Waals surface area contributed by atoms with Gasteiger partial charge in [-0.15, -0.1) is 11.3 Å². The maximum atomic E-state index is 12.2. The third-order valence-electron chi connectivity index (χ3n) is 4.24. The molecule has 6 nitrogen and oxygen atoms in total. The molecule has 0 unspecified atom stereocenters. The molecule has 1 amide bonds. The van der Waals surface area contributed by atoms with Crippen LogP contribution in [0.15, 0.2) is 58.4 Å². The highest BCUT2D eigenvalue weighted by Crippen LogP contribution is 2.24. The van der Waals surface area contributed by atoms with Crippen LogP contribution in [-0.2, 0) is 6.54 Å². The van der Waals surface area contributed by atoms with Gasteiger partial charge in [-0.05, 0) is 26.0 Å². The third kappa shape index (κ3) is 3.99. The monoisotopic (exact) mass is 390 g/mol. The molecule has 140 valence electrons. The lowest BCUT2D eigenvalue weighted by Gasteiger charge is -2.02. The van der Waals surface area contributed by atoms with Gasteiger partial charge in [0.25, 0.3) is 5.91 Å². The summed E-state index contributed by atoms with van der Waals surface area (Å²) in [6.07, 6.45) is 0. The van der Waals surface area contributed by atoms with Crippen molar-refractivity contribution in [1.82, 2.24) is 20.4 Å². The second-order valence-corrected chi connectivity index (χ2v) is 7.45. The molecule has 0 bridgehead atoms. The van der Waals surface area contributed by atoms with Crippen LogP contribution in [0.3, 0.4) is 0 Å². The zero-order valence-electron chi connectivity index (χ0n) is 15.5. The molecule has 0 atom stereocenters. The molecule has 2 aromatic heterocycles. The lowest BCUT2D eigenvalue weighted by atomic mass is 10.1. The summed E-state index contributed by atoms with van der Waals surface area (Å²) in [5.41, 5.74) is 4.55. The van der Waals surface area contributed by atoms with Crippen LogP contribution in [0.2, 0.25) is 0 Å². The molecule has 0 aliphatic rings. The van der Waals surface area contributed by atoms with Gasteiger partial charge in [0.2, 0.25) is 11.7 Å². The number of nitrogens with one attached hydrogen (secondary N) is 1. The van der Waals surface area contributed by atoms with E-state index in [2.05, 4.69) is 20.4 Å². The summed E-state index contributed by atoms with van der Waals surface area (Å²) in [5, 5.41) is 9.87. The first-order valence-corrected chi connectivity index (χ1v) is 9.67. The van der Waals surface area contributed by atoms with E-state index in [1.165, 1.54) is 0 Å². The smallest absolute Gasteiger partial charge is 0.251 e. The second-order valence-electron chi connectivity index (χ2n) is 6.39. The van der Waals surface area contributed by atoms with Crippen molar-refractivity contribution in [3.8, 4) is 22.6 Å². The summed E-state index contributed by atoms with van der Waals surface area (Å²) >= 11 is 1.62. The molecular weight excluding hydrogens is 372 g/mol. The zero-order valence-corrected chi connectivity index (χ0v) is 16.3. The largest absolute Gasteiger partial charge is 0.343 e. The number of nitrogens with zero attached hydrogens (tertiary/aromatic N) is 3. The van der Waals surface area contributed by atoms with Gasteiger partial charge in [0.1, 0.15) is 0 Å². The van der Waals surface area contributed by atoms with Gasteiger partial charge in [0.15, 0.2) is 0 Å². The SMILES string of the molecule is Cc1ccc(C(=O)NCc2nc(-c3ccc(-c4csc(C)n4)cc3)no2)cc1. The summed E-state index contributed by atoms with van der Waals surface area (Å²) in [5.74, 6) is 0.665. The Morgan fingerprint density at radius 1 is 1.00 bits per heavy atom. The Labute approximate surface area is 166 Å². The van der Waals surface area contributed by atoms with E-state index in [-0.39, 0.29) is 12.5 Å². The Kier molecular flexibility index (Phi) is 4.99. The predicted octanol–water partition coefficient (Wildman–Crippen LogP) is 4.41. The molecule has 0 aliphatic heterocycles. The minimum atomic E-state index is -0.178. The van der Waals surface area contributed by atoms with E-state index in [9.17, 15) is 4.79 Å². The summed E-state index contributed by atoms with van der Waals surface area (Å²) in [6.45, 7) is 4.14. The number of hydrogen-bond donors (Lipinski definition) is 1. The van der Waals surface area contributed by atoms with Crippen molar-refractivity contribution in [2.75, 3.05) is 0 Å². The van der Waals surface area contributed by atoms with Crippen LogP contribution < -0.4 is 5.32 Å². The Hall–Kier alpha value is -3.32. The van der Waals surface area contributed by atoms with E-state index in [1.807, 2.05) is 55.6 Å². The standard InChI is InChI=1S/C21H18N4O2S/c1-13-3-5-17(6-4-13)21(26)22-11-19-24-20(25-27-19)16-9-7-15(8-10-16)18-12-28-14(2)23-18/h3-10,12H,11H2,1-2H3,(H,22,26). The summed E-state index contributed by atoms with van der Waals surface area (Å²) in [6, 6.07) is 15.2. The van der Waals surface area contributed by atoms with Gasteiger partial charge >= 0.3 is 0 Å².